The number of carbonyl (C=O) groups excluding carboxylic acids is 2. The van der Waals surface area contributed by atoms with E-state index in [4.69, 9.17) is 9.26 Å². The van der Waals surface area contributed by atoms with E-state index in [1.54, 1.807) is 24.0 Å². The standard InChI is InChI=1S/C26H28F3N5O4/c1-17-21(23(33-38-17)18-7-3-2-4-8-18)15-37-25-20(10-5-11-30-25)24(36)32-19-9-6-12-34(13-19)14-22(35)31-16-26(27,28)29/h2-5,7-8,10-11,19H,6,9,12-16H2,1H3,(H,31,35)(H,32,36). The quantitative estimate of drug-likeness (QED) is 0.435. The van der Waals surface area contributed by atoms with E-state index < -0.39 is 24.5 Å². The average Bonchev–Trinajstić information content (AvgIpc) is 3.27. The molecule has 1 aromatic carbocycles. The number of rotatable bonds is 9. The van der Waals surface area contributed by atoms with E-state index in [0.717, 1.165) is 11.1 Å². The van der Waals surface area contributed by atoms with Crippen LogP contribution in [0, 0.1) is 6.92 Å². The molecule has 3 heterocycles. The van der Waals surface area contributed by atoms with Gasteiger partial charge in [-0.3, -0.25) is 14.5 Å². The predicted octanol–water partition coefficient (Wildman–Crippen LogP) is 3.50. The molecule has 1 atom stereocenters. The number of likely N-dealkylation sites (tertiary alicyclic amines) is 1. The fourth-order valence-electron chi connectivity index (χ4n) is 4.24. The summed E-state index contributed by atoms with van der Waals surface area (Å²) in [7, 11) is 0. The number of hydrogen-bond acceptors (Lipinski definition) is 7. The third-order valence-corrected chi connectivity index (χ3v) is 6.09. The first-order chi connectivity index (χ1) is 18.2. The molecule has 1 unspecified atom stereocenters. The van der Waals surface area contributed by atoms with Crippen LogP contribution in [0.4, 0.5) is 13.2 Å². The van der Waals surface area contributed by atoms with Gasteiger partial charge in [-0.1, -0.05) is 35.5 Å². The normalized spacial score (nSPS) is 16.2. The number of piperidine rings is 1. The molecule has 0 saturated carbocycles. The first-order valence-electron chi connectivity index (χ1n) is 12.1. The van der Waals surface area contributed by atoms with Crippen molar-refractivity contribution in [2.24, 2.45) is 0 Å². The molecule has 2 amide bonds. The summed E-state index contributed by atoms with van der Waals surface area (Å²) >= 11 is 0. The van der Waals surface area contributed by atoms with Gasteiger partial charge in [-0.25, -0.2) is 4.98 Å². The largest absolute Gasteiger partial charge is 0.472 e. The molecule has 0 bridgehead atoms. The zero-order valence-electron chi connectivity index (χ0n) is 20.8. The molecule has 9 nitrogen and oxygen atoms in total. The molecule has 1 saturated heterocycles. The highest BCUT2D eigenvalue weighted by Crippen LogP contribution is 2.27. The molecular formula is C26H28F3N5O4. The van der Waals surface area contributed by atoms with Gasteiger partial charge in [-0.2, -0.15) is 13.2 Å². The van der Waals surface area contributed by atoms with Gasteiger partial charge in [0.05, 0.1) is 12.1 Å². The molecule has 1 aliphatic heterocycles. The Morgan fingerprint density at radius 3 is 2.74 bits per heavy atom. The summed E-state index contributed by atoms with van der Waals surface area (Å²) in [5, 5.41) is 8.95. The van der Waals surface area contributed by atoms with Crippen LogP contribution in [0.1, 0.15) is 34.5 Å². The van der Waals surface area contributed by atoms with E-state index in [1.807, 2.05) is 35.6 Å². The molecule has 38 heavy (non-hydrogen) atoms. The summed E-state index contributed by atoms with van der Waals surface area (Å²) < 4.78 is 48.3. The van der Waals surface area contributed by atoms with Crippen molar-refractivity contribution in [1.82, 2.24) is 25.7 Å². The van der Waals surface area contributed by atoms with Crippen LogP contribution in [0.3, 0.4) is 0 Å². The number of alkyl halides is 3. The van der Waals surface area contributed by atoms with Crippen molar-refractivity contribution in [3.05, 3.63) is 65.5 Å². The molecule has 0 aliphatic carbocycles. The van der Waals surface area contributed by atoms with Crippen LogP contribution in [0.15, 0.2) is 53.2 Å². The lowest BCUT2D eigenvalue weighted by atomic mass is 10.0. The first kappa shape index (κ1) is 27.1. The number of nitrogens with zero attached hydrogens (tertiary/aromatic N) is 3. The smallest absolute Gasteiger partial charge is 0.405 e. The van der Waals surface area contributed by atoms with E-state index >= 15 is 0 Å². The second-order valence-corrected chi connectivity index (χ2v) is 9.02. The summed E-state index contributed by atoms with van der Waals surface area (Å²) in [6.45, 7) is 1.21. The fraction of sp³-hybridized carbons (Fsp3) is 0.385. The Bertz CT molecular complexity index is 1250. The van der Waals surface area contributed by atoms with Crippen LogP contribution in [0.2, 0.25) is 0 Å². The Kier molecular flexibility index (Phi) is 8.62. The number of halogens is 3. The van der Waals surface area contributed by atoms with E-state index in [0.29, 0.717) is 37.4 Å². The minimum absolute atomic E-state index is 0.0844. The maximum Gasteiger partial charge on any atom is 0.405 e. The number of pyridine rings is 1. The van der Waals surface area contributed by atoms with Gasteiger partial charge in [0.2, 0.25) is 11.8 Å². The van der Waals surface area contributed by atoms with Gasteiger partial charge in [-0.15, -0.1) is 0 Å². The minimum Gasteiger partial charge on any atom is -0.472 e. The predicted molar refractivity (Wildman–Crippen MR) is 131 cm³/mol. The SMILES string of the molecule is Cc1onc(-c2ccccc2)c1COc1ncccc1C(=O)NC1CCCN(CC(=O)NCC(F)(F)F)C1. The summed E-state index contributed by atoms with van der Waals surface area (Å²) in [6.07, 6.45) is -1.59. The highest BCUT2D eigenvalue weighted by Gasteiger charge is 2.29. The van der Waals surface area contributed by atoms with Crippen molar-refractivity contribution in [2.75, 3.05) is 26.2 Å². The van der Waals surface area contributed by atoms with Crippen molar-refractivity contribution in [2.45, 2.75) is 38.6 Å². The van der Waals surface area contributed by atoms with Gasteiger partial charge in [-0.05, 0) is 38.4 Å². The number of aromatic nitrogens is 2. The van der Waals surface area contributed by atoms with E-state index in [2.05, 4.69) is 15.5 Å². The Labute approximate surface area is 217 Å². The number of carbonyl (C=O) groups is 2. The fourth-order valence-corrected chi connectivity index (χ4v) is 4.24. The Hall–Kier alpha value is -3.93. The van der Waals surface area contributed by atoms with Gasteiger partial charge in [0.1, 0.15) is 30.2 Å². The molecule has 4 rings (SSSR count). The minimum atomic E-state index is -4.46. The van der Waals surface area contributed by atoms with E-state index in [-0.39, 0.29) is 30.6 Å². The second kappa shape index (κ2) is 12.1. The molecule has 202 valence electrons. The molecule has 12 heteroatoms. The maximum absolute atomic E-state index is 13.1. The Morgan fingerprint density at radius 2 is 1.97 bits per heavy atom. The van der Waals surface area contributed by atoms with Gasteiger partial charge in [0.25, 0.3) is 5.91 Å². The Morgan fingerprint density at radius 1 is 1.18 bits per heavy atom. The van der Waals surface area contributed by atoms with Gasteiger partial charge < -0.3 is 19.9 Å². The number of amides is 2. The van der Waals surface area contributed by atoms with Gasteiger partial charge >= 0.3 is 6.18 Å². The van der Waals surface area contributed by atoms with Crippen molar-refractivity contribution in [3.63, 3.8) is 0 Å². The van der Waals surface area contributed by atoms with Crippen molar-refractivity contribution < 1.29 is 32.0 Å². The molecule has 0 radical (unpaired) electrons. The molecule has 1 fully saturated rings. The van der Waals surface area contributed by atoms with Crippen LogP contribution in [-0.2, 0) is 11.4 Å². The average molecular weight is 532 g/mol. The lowest BCUT2D eigenvalue weighted by molar-refractivity contribution is -0.139. The van der Waals surface area contributed by atoms with E-state index in [1.165, 1.54) is 6.20 Å². The molecular weight excluding hydrogens is 503 g/mol. The summed E-state index contributed by atoms with van der Waals surface area (Å²) in [6, 6.07) is 12.5. The summed E-state index contributed by atoms with van der Waals surface area (Å²) in [4.78, 5) is 30.9. The van der Waals surface area contributed by atoms with Crippen molar-refractivity contribution >= 4 is 11.8 Å². The number of benzene rings is 1. The zero-order chi connectivity index (χ0) is 27.1. The molecule has 2 aromatic heterocycles. The maximum atomic E-state index is 13.1. The number of nitrogens with one attached hydrogen (secondary N) is 2. The Balaban J connectivity index is 1.37. The second-order valence-electron chi connectivity index (χ2n) is 9.02. The topological polar surface area (TPSA) is 110 Å². The van der Waals surface area contributed by atoms with E-state index in [9.17, 15) is 22.8 Å². The molecule has 1 aliphatic rings. The number of aryl methyl sites for hydroxylation is 1. The summed E-state index contributed by atoms with van der Waals surface area (Å²) in [5.41, 5.74) is 2.49. The monoisotopic (exact) mass is 531 g/mol. The molecule has 0 spiro atoms. The van der Waals surface area contributed by atoms with Crippen molar-refractivity contribution in [1.29, 1.82) is 0 Å². The van der Waals surface area contributed by atoms with Crippen LogP contribution >= 0.6 is 0 Å². The van der Waals surface area contributed by atoms with Crippen LogP contribution in [-0.4, -0.2) is 65.3 Å². The molecule has 3 aromatic rings. The van der Waals surface area contributed by atoms with Crippen LogP contribution in [0.25, 0.3) is 11.3 Å². The number of ether oxygens (including phenoxy) is 1. The van der Waals surface area contributed by atoms with Gasteiger partial charge in [0.15, 0.2) is 0 Å². The van der Waals surface area contributed by atoms with Crippen molar-refractivity contribution in [3.8, 4) is 17.1 Å². The van der Waals surface area contributed by atoms with Gasteiger partial charge in [0, 0.05) is 24.3 Å². The lowest BCUT2D eigenvalue weighted by Crippen LogP contribution is -2.50. The summed E-state index contributed by atoms with van der Waals surface area (Å²) in [5.74, 6) is -0.376. The highest BCUT2D eigenvalue weighted by atomic mass is 19.4. The third kappa shape index (κ3) is 7.31. The van der Waals surface area contributed by atoms with Crippen LogP contribution < -0.4 is 15.4 Å². The zero-order valence-corrected chi connectivity index (χ0v) is 20.8. The van der Waals surface area contributed by atoms with Crippen LogP contribution in [0.5, 0.6) is 5.88 Å². The first-order valence-corrected chi connectivity index (χ1v) is 12.1. The highest BCUT2D eigenvalue weighted by molar-refractivity contribution is 5.96. The molecule has 2 N–H and O–H groups in total. The lowest BCUT2D eigenvalue weighted by Gasteiger charge is -2.32. The number of hydrogen-bond donors (Lipinski definition) is 2. The third-order valence-electron chi connectivity index (χ3n) is 6.09.